The number of nitrogens with one attached hydrogen (secondary N) is 1. The van der Waals surface area contributed by atoms with Crippen molar-refractivity contribution in [1.82, 2.24) is 4.57 Å². The number of nitrogens with zero attached hydrogens (tertiary/aromatic N) is 1. The predicted molar refractivity (Wildman–Crippen MR) is 219 cm³/mol. The summed E-state index contributed by atoms with van der Waals surface area (Å²) in [5.74, 6) is 0. The number of hydrogen-bond acceptors (Lipinski definition) is 2. The van der Waals surface area contributed by atoms with E-state index in [1.165, 1.54) is 60.2 Å². The van der Waals surface area contributed by atoms with E-state index >= 15 is 0 Å². The van der Waals surface area contributed by atoms with Crippen LogP contribution in [0.15, 0.2) is 163 Å². The largest absolute Gasteiger partial charge is 0.355 e. The van der Waals surface area contributed by atoms with E-state index in [2.05, 4.69) is 163 Å². The van der Waals surface area contributed by atoms with E-state index in [-0.39, 0.29) is 0 Å². The maximum Gasteiger partial charge on any atom is 0.0538 e. The van der Waals surface area contributed by atoms with Crippen LogP contribution < -0.4 is 5.32 Å². The quantitative estimate of drug-likeness (QED) is 0.123. The van der Waals surface area contributed by atoms with Gasteiger partial charge in [-0.1, -0.05) is 111 Å². The number of benzene rings is 5. The van der Waals surface area contributed by atoms with Crippen LogP contribution in [0, 0.1) is 0 Å². The Labute approximate surface area is 295 Å². The highest BCUT2D eigenvalue weighted by Crippen LogP contribution is 2.38. The molecule has 1 aromatic heterocycles. The summed E-state index contributed by atoms with van der Waals surface area (Å²) in [4.78, 5) is 1.26. The van der Waals surface area contributed by atoms with Crippen LogP contribution in [0.4, 0.5) is 11.4 Å². The van der Waals surface area contributed by atoms with Gasteiger partial charge in [-0.05, 0) is 115 Å². The number of aromatic nitrogens is 1. The normalized spacial score (nSPS) is 13.0. The van der Waals surface area contributed by atoms with Crippen molar-refractivity contribution in [2.45, 2.75) is 38.5 Å². The fourth-order valence-electron chi connectivity index (χ4n) is 6.50. The van der Waals surface area contributed by atoms with E-state index in [9.17, 15) is 0 Å². The van der Waals surface area contributed by atoms with Crippen LogP contribution in [0.5, 0.6) is 0 Å². The van der Waals surface area contributed by atoms with Crippen molar-refractivity contribution in [2.24, 2.45) is 0 Å². The van der Waals surface area contributed by atoms with Gasteiger partial charge in [-0.2, -0.15) is 0 Å². The number of thioether (sulfide) groups is 1. The number of hydrogen-bond donors (Lipinski definition) is 1. The van der Waals surface area contributed by atoms with Crippen molar-refractivity contribution < 1.29 is 0 Å². The molecule has 244 valence electrons. The molecular formula is C46H44N2S. The van der Waals surface area contributed by atoms with E-state index in [0.29, 0.717) is 0 Å². The van der Waals surface area contributed by atoms with Gasteiger partial charge < -0.3 is 9.88 Å². The molecule has 1 aliphatic rings. The van der Waals surface area contributed by atoms with Gasteiger partial charge in [0.15, 0.2) is 0 Å². The molecule has 1 heterocycles. The molecule has 0 atom stereocenters. The third-order valence-corrected chi connectivity index (χ3v) is 9.59. The molecule has 0 spiro atoms. The van der Waals surface area contributed by atoms with Crippen molar-refractivity contribution in [1.29, 1.82) is 0 Å². The molecule has 0 bridgehead atoms. The fraction of sp³-hybridized carbons (Fsp3) is 0.130. The number of fused-ring (bicyclic) bond motifs is 3. The smallest absolute Gasteiger partial charge is 0.0538 e. The van der Waals surface area contributed by atoms with Crippen LogP contribution in [0.2, 0.25) is 0 Å². The van der Waals surface area contributed by atoms with Crippen molar-refractivity contribution in [2.75, 3.05) is 11.6 Å². The summed E-state index contributed by atoms with van der Waals surface area (Å²) in [5.41, 5.74) is 13.1. The average Bonchev–Trinajstić information content (AvgIpc) is 3.50. The summed E-state index contributed by atoms with van der Waals surface area (Å²) in [6.45, 7) is 10.0. The van der Waals surface area contributed by atoms with Gasteiger partial charge in [0.05, 0.1) is 11.0 Å². The Kier molecular flexibility index (Phi) is 10.8. The van der Waals surface area contributed by atoms with Crippen LogP contribution in [0.1, 0.15) is 39.2 Å². The lowest BCUT2D eigenvalue weighted by atomic mass is 9.96. The summed E-state index contributed by atoms with van der Waals surface area (Å²) < 4.78 is 2.45. The summed E-state index contributed by atoms with van der Waals surface area (Å²) in [7, 11) is 0. The van der Waals surface area contributed by atoms with Gasteiger partial charge in [0, 0.05) is 38.3 Å². The topological polar surface area (TPSA) is 17.0 Å². The van der Waals surface area contributed by atoms with Gasteiger partial charge in [-0.25, -0.2) is 0 Å². The molecule has 0 unspecified atom stereocenters. The molecule has 1 N–H and O–H groups in total. The minimum Gasteiger partial charge on any atom is -0.355 e. The monoisotopic (exact) mass is 656 g/mol. The van der Waals surface area contributed by atoms with Crippen molar-refractivity contribution in [3.63, 3.8) is 0 Å². The molecule has 7 rings (SSSR count). The molecule has 0 fully saturated rings. The van der Waals surface area contributed by atoms with Crippen LogP contribution in [-0.4, -0.2) is 10.8 Å². The Hall–Kier alpha value is -5.25. The van der Waals surface area contributed by atoms with Gasteiger partial charge in [0.1, 0.15) is 0 Å². The zero-order valence-electron chi connectivity index (χ0n) is 28.9. The summed E-state index contributed by atoms with van der Waals surface area (Å²) >= 11 is 1.77. The Morgan fingerprint density at radius 3 is 2.29 bits per heavy atom. The number of anilines is 2. The summed E-state index contributed by atoms with van der Waals surface area (Å²) in [5, 5.41) is 6.31. The molecule has 0 amide bonds. The first kappa shape index (κ1) is 33.6. The van der Waals surface area contributed by atoms with E-state index in [0.717, 1.165) is 29.8 Å². The van der Waals surface area contributed by atoms with Gasteiger partial charge in [-0.3, -0.25) is 0 Å². The minimum atomic E-state index is 1.04. The standard InChI is InChI=1S/C44H38N2S.C2H6/c1-4-5-7-14-31(2)40-29-34(23-25-42(40)45-36-17-12-15-32(27-36)33-16-13-20-38(28-33)47-3)35-24-26-44-41(30-35)39-21-10-11-22-43(39)46(44)37-18-8-6-9-19-37;1-2/h4-8,10-18,20-30,45H,1,9,19H2,2-3H3;1-2H3/b7-5-,31-14+;. The number of para-hydroxylation sites is 1. The highest BCUT2D eigenvalue weighted by atomic mass is 32.2. The zero-order valence-corrected chi connectivity index (χ0v) is 29.7. The van der Waals surface area contributed by atoms with Gasteiger partial charge in [0.25, 0.3) is 0 Å². The second kappa shape index (κ2) is 15.8. The number of rotatable bonds is 9. The fourth-order valence-corrected chi connectivity index (χ4v) is 6.96. The first-order valence-corrected chi connectivity index (χ1v) is 18.4. The SMILES string of the molecule is C=C/C=C\C=C(/C)c1cc(-c2ccc3c(c2)c2ccccc2n3C2=CC=CCC2)ccc1Nc1cccc(-c2cccc(SC)c2)c1.CC. The molecule has 0 aliphatic heterocycles. The lowest BCUT2D eigenvalue weighted by Crippen LogP contribution is -1.98. The Morgan fingerprint density at radius 2 is 1.49 bits per heavy atom. The van der Waals surface area contributed by atoms with Crippen molar-refractivity contribution in [3.8, 4) is 22.3 Å². The lowest BCUT2D eigenvalue weighted by Gasteiger charge is -2.16. The Morgan fingerprint density at radius 1 is 0.755 bits per heavy atom. The van der Waals surface area contributed by atoms with E-state index < -0.39 is 0 Å². The zero-order chi connectivity index (χ0) is 34.2. The third kappa shape index (κ3) is 7.28. The third-order valence-electron chi connectivity index (χ3n) is 8.87. The Balaban J connectivity index is 0.00000205. The molecule has 49 heavy (non-hydrogen) atoms. The van der Waals surface area contributed by atoms with Crippen LogP contribution in [0.3, 0.4) is 0 Å². The van der Waals surface area contributed by atoms with Gasteiger partial charge in [0.2, 0.25) is 0 Å². The highest BCUT2D eigenvalue weighted by Gasteiger charge is 2.16. The Bertz CT molecular complexity index is 2240. The summed E-state index contributed by atoms with van der Waals surface area (Å²) in [6, 6.07) is 39.8. The van der Waals surface area contributed by atoms with Gasteiger partial charge >= 0.3 is 0 Å². The summed E-state index contributed by atoms with van der Waals surface area (Å²) in [6.07, 6.45) is 18.9. The van der Waals surface area contributed by atoms with Crippen molar-refractivity contribution >= 4 is 56.2 Å². The molecule has 3 heteroatoms. The maximum absolute atomic E-state index is 3.84. The molecule has 2 nitrogen and oxygen atoms in total. The first-order chi connectivity index (χ1) is 24.1. The highest BCUT2D eigenvalue weighted by molar-refractivity contribution is 7.98. The molecule has 5 aromatic carbocycles. The van der Waals surface area contributed by atoms with E-state index in [1.807, 2.05) is 32.1 Å². The van der Waals surface area contributed by atoms with E-state index in [4.69, 9.17) is 0 Å². The maximum atomic E-state index is 3.84. The molecule has 6 aromatic rings. The van der Waals surface area contributed by atoms with Gasteiger partial charge in [-0.15, -0.1) is 11.8 Å². The van der Waals surface area contributed by atoms with Crippen LogP contribution in [0.25, 0.3) is 55.3 Å². The minimum absolute atomic E-state index is 1.04. The molecular weight excluding hydrogens is 613 g/mol. The second-order valence-corrected chi connectivity index (χ2v) is 12.8. The number of allylic oxidation sites excluding steroid dienone is 9. The molecule has 1 aliphatic carbocycles. The van der Waals surface area contributed by atoms with E-state index in [1.54, 1.807) is 11.8 Å². The predicted octanol–water partition coefficient (Wildman–Crippen LogP) is 14.0. The van der Waals surface area contributed by atoms with Crippen molar-refractivity contribution in [3.05, 3.63) is 164 Å². The lowest BCUT2D eigenvalue weighted by molar-refractivity contribution is 0.979. The van der Waals surface area contributed by atoms with Crippen LogP contribution >= 0.6 is 11.8 Å². The molecule has 0 saturated heterocycles. The molecule has 0 radical (unpaired) electrons. The first-order valence-electron chi connectivity index (χ1n) is 17.1. The average molecular weight is 657 g/mol. The second-order valence-electron chi connectivity index (χ2n) is 11.9. The molecule has 0 saturated carbocycles. The van der Waals surface area contributed by atoms with Crippen LogP contribution in [-0.2, 0) is 0 Å².